The van der Waals surface area contributed by atoms with Crippen LogP contribution in [0.3, 0.4) is 0 Å². The molecule has 0 spiro atoms. The molecule has 4 unspecified atom stereocenters. The van der Waals surface area contributed by atoms with E-state index in [1.807, 2.05) is 0 Å². The molecule has 0 fully saturated rings. The number of hydrogen-bond acceptors (Lipinski definition) is 0. The van der Waals surface area contributed by atoms with Crippen LogP contribution in [0.2, 0.25) is 0 Å². The normalized spacial score (nSPS) is 16.4. The van der Waals surface area contributed by atoms with Crippen molar-refractivity contribution in [2.24, 2.45) is 23.7 Å². The van der Waals surface area contributed by atoms with Gasteiger partial charge in [-0.15, -0.1) is 0 Å². The minimum absolute atomic E-state index is 0. The summed E-state index contributed by atoms with van der Waals surface area (Å²) in [5.74, 6) is 1.85. The summed E-state index contributed by atoms with van der Waals surface area (Å²) in [4.78, 5) is 0. The zero-order valence-corrected chi connectivity index (χ0v) is 65.7. The predicted octanol–water partition coefficient (Wildman–Crippen LogP) is 12.8. The first-order valence-corrected chi connectivity index (χ1v) is 45.4. The Morgan fingerprint density at radius 3 is 0.600 bits per heavy atom. The Kier molecular flexibility index (Phi) is 32.6. The van der Waals surface area contributed by atoms with Crippen molar-refractivity contribution in [2.75, 3.05) is 0 Å². The molecule has 0 heterocycles. The van der Waals surface area contributed by atoms with Crippen LogP contribution < -0.4 is 45.6 Å². The van der Waals surface area contributed by atoms with E-state index >= 15 is 0 Å². The third-order valence-corrected chi connectivity index (χ3v) is 32.2. The molecule has 0 aliphatic heterocycles. The molecular weight excluding hydrogens is 1490 g/mol. The molecule has 12 rings (SSSR count). The van der Waals surface area contributed by atoms with E-state index in [1.165, 1.54) is 156 Å². The number of allylic oxidation sites excluding steroid dienone is 16. The van der Waals surface area contributed by atoms with Gasteiger partial charge in [0.1, 0.15) is 0 Å². The van der Waals surface area contributed by atoms with E-state index in [0.29, 0.717) is 23.7 Å². The Balaban J connectivity index is 0.000000196. The summed E-state index contributed by atoms with van der Waals surface area (Å²) in [6, 6.07) is 78.2. The van der Waals surface area contributed by atoms with E-state index in [1.54, 1.807) is 0 Å². The maximum atomic E-state index is 3.44. The van der Waals surface area contributed by atoms with Crippen molar-refractivity contribution in [2.45, 2.75) is 109 Å². The molecule has 4 atom stereocenters. The van der Waals surface area contributed by atoms with Gasteiger partial charge in [0.25, 0.3) is 0 Å². The molecule has 6 heteroatoms. The Hall–Kier alpha value is -5.57. The molecule has 0 aromatic heterocycles. The standard InChI is InChI=1S/4C15H17.2C12H10Si.2ClH.2Hf/c4*1-4-13-7-5-6-8-14(13)15-10-11(2)9-12(15)3;2*1-3-7-11(8-4-1)13-12-9-5-2-6-10-12;;;;/h4*5-8,10-11H,4H2,1-3H3;2*1-10H;2*1H;;/q4*-1;;;;;2*+2/p-2. The van der Waals surface area contributed by atoms with E-state index in [-0.39, 0.29) is 24.8 Å². The van der Waals surface area contributed by atoms with Gasteiger partial charge in [-0.2, -0.15) is 46.6 Å². The quantitative estimate of drug-likeness (QED) is 0.0845. The number of aryl methyl sites for hydroxylation is 4. The van der Waals surface area contributed by atoms with Crippen LogP contribution in [0.5, 0.6) is 0 Å². The molecule has 4 aliphatic rings. The van der Waals surface area contributed by atoms with Gasteiger partial charge in [-0.25, -0.2) is 22.3 Å². The van der Waals surface area contributed by atoms with Crippen molar-refractivity contribution in [3.8, 4) is 0 Å². The van der Waals surface area contributed by atoms with E-state index in [4.69, 9.17) is 0 Å². The van der Waals surface area contributed by atoms with Crippen LogP contribution in [0.1, 0.15) is 128 Å². The Morgan fingerprint density at radius 1 is 0.278 bits per heavy atom. The van der Waals surface area contributed by atoms with Crippen LogP contribution in [0.4, 0.5) is 0 Å². The van der Waals surface area contributed by atoms with Crippen molar-refractivity contribution in [3.05, 3.63) is 334 Å². The van der Waals surface area contributed by atoms with Crippen LogP contribution >= 0.6 is 0 Å². The van der Waals surface area contributed by atoms with Crippen LogP contribution in [0.15, 0.2) is 265 Å². The minimum atomic E-state index is -0.406. The fraction of sp³-hybridized carbons (Fsp3) is 0.238. The molecule has 90 heavy (non-hydrogen) atoms. The SMILES string of the molecule is CCc1ccccc1C1=CC(C)[C-]=C1C.CCc1ccccc1C1=CC(C)[C-]=C1C.CCc1ccccc1C1=CC(C)[C-]=C1C.CCc1ccccc1C1=CC(C)[C-]=C1C.[Cl-].[Cl-].[Hf+2]=[Si](c1ccccc1)c1ccccc1.[Hf+2]=[Si](c1ccccc1)c1ccccc1. The van der Waals surface area contributed by atoms with E-state index in [9.17, 15) is 0 Å². The van der Waals surface area contributed by atoms with Crippen LogP contribution in [-0.4, -0.2) is 11.0 Å². The molecule has 456 valence electrons. The van der Waals surface area contributed by atoms with Gasteiger partial charge < -0.3 is 24.8 Å². The monoisotopic (exact) mass is 1580 g/mol. The molecule has 0 N–H and O–H groups in total. The molecule has 0 radical (unpaired) electrons. The number of hydrogen-bond donors (Lipinski definition) is 0. The summed E-state index contributed by atoms with van der Waals surface area (Å²) in [6.07, 6.45) is 27.4. The van der Waals surface area contributed by atoms with Crippen LogP contribution in [0.25, 0.3) is 22.3 Å². The predicted molar refractivity (Wildman–Crippen MR) is 377 cm³/mol. The van der Waals surface area contributed by atoms with Crippen molar-refractivity contribution in [1.82, 2.24) is 0 Å². The summed E-state index contributed by atoms with van der Waals surface area (Å²) in [5.41, 5.74) is 21.1. The van der Waals surface area contributed by atoms with Gasteiger partial charge >= 0.3 is 199 Å². The maximum absolute atomic E-state index is 3.44. The van der Waals surface area contributed by atoms with Crippen LogP contribution in [0, 0.1) is 48.0 Å². The summed E-state index contributed by atoms with van der Waals surface area (Å²) < 4.78 is 0. The second-order valence-electron chi connectivity index (χ2n) is 22.8. The van der Waals surface area contributed by atoms with Crippen LogP contribution in [-0.2, 0) is 71.7 Å². The van der Waals surface area contributed by atoms with Gasteiger partial charge in [-0.05, 0) is 25.7 Å². The van der Waals surface area contributed by atoms with Crippen molar-refractivity contribution < 1.29 is 70.8 Å². The van der Waals surface area contributed by atoms with Gasteiger partial charge in [-0.1, -0.05) is 248 Å². The van der Waals surface area contributed by atoms with Gasteiger partial charge in [-0.3, -0.25) is 24.3 Å². The number of rotatable bonds is 12. The second-order valence-corrected chi connectivity index (χ2v) is 37.4. The van der Waals surface area contributed by atoms with Gasteiger partial charge in [0, 0.05) is 0 Å². The number of benzene rings is 8. The van der Waals surface area contributed by atoms with Gasteiger partial charge in [0.2, 0.25) is 0 Å². The average Bonchev–Trinajstić information content (AvgIpc) is 3.39. The molecule has 0 nitrogen and oxygen atoms in total. The molecule has 4 aliphatic carbocycles. The molecule has 0 saturated heterocycles. The van der Waals surface area contributed by atoms with E-state index in [0.717, 1.165) is 25.7 Å². The average molecular weight is 1580 g/mol. The summed E-state index contributed by atoms with van der Waals surface area (Å²) >= 11 is 2.53. The molecule has 8 aromatic rings. The zero-order chi connectivity index (χ0) is 63.0. The van der Waals surface area contributed by atoms with Crippen molar-refractivity contribution >= 4 is 54.0 Å². The molecule has 8 aromatic carbocycles. The first-order valence-electron chi connectivity index (χ1n) is 31.6. The molecule has 0 saturated carbocycles. The Labute approximate surface area is 585 Å². The Morgan fingerprint density at radius 2 is 0.444 bits per heavy atom. The molecular formula is C84H88Cl2Hf2Si2-2. The zero-order valence-electron chi connectivity index (χ0n) is 55.0. The van der Waals surface area contributed by atoms with E-state index in [2.05, 4.69) is 350 Å². The first-order chi connectivity index (χ1) is 42.6. The number of halogens is 2. The fourth-order valence-corrected chi connectivity index (χ4v) is 21.6. The van der Waals surface area contributed by atoms with Crippen molar-refractivity contribution in [1.29, 1.82) is 0 Å². The topological polar surface area (TPSA) is 0 Å². The third kappa shape index (κ3) is 21.8. The molecule has 0 bridgehead atoms. The second kappa shape index (κ2) is 39.1. The Bertz CT molecular complexity index is 3360. The van der Waals surface area contributed by atoms with Gasteiger partial charge in [0.05, 0.1) is 0 Å². The summed E-state index contributed by atoms with van der Waals surface area (Å²) in [5, 5.41) is 6.15. The van der Waals surface area contributed by atoms with Crippen molar-refractivity contribution in [3.63, 3.8) is 0 Å². The van der Waals surface area contributed by atoms with E-state index < -0.39 is 11.0 Å². The third-order valence-electron chi connectivity index (χ3n) is 16.1. The summed E-state index contributed by atoms with van der Waals surface area (Å²) in [6.45, 7) is 26.2. The summed E-state index contributed by atoms with van der Waals surface area (Å²) in [7, 11) is 0. The fourth-order valence-electron chi connectivity index (χ4n) is 11.6. The van der Waals surface area contributed by atoms with Gasteiger partial charge in [0.15, 0.2) is 0 Å². The molecule has 0 amide bonds. The first kappa shape index (κ1) is 75.2.